The molecule has 0 radical (unpaired) electrons. The highest BCUT2D eigenvalue weighted by atomic mass is 16.5. The van der Waals surface area contributed by atoms with Crippen LogP contribution in [0.5, 0.6) is 11.5 Å². The molecule has 0 spiro atoms. The molecular formula is C22H26N2O4. The minimum atomic E-state index is -0.186. The van der Waals surface area contributed by atoms with Crippen LogP contribution in [0, 0.1) is 0 Å². The van der Waals surface area contributed by atoms with Crippen molar-refractivity contribution in [2.24, 2.45) is 0 Å². The van der Waals surface area contributed by atoms with Crippen molar-refractivity contribution in [1.29, 1.82) is 0 Å². The number of methoxy groups -OCH3 is 1. The van der Waals surface area contributed by atoms with Crippen molar-refractivity contribution in [1.82, 2.24) is 0 Å². The Morgan fingerprint density at radius 3 is 2.71 bits per heavy atom. The first-order valence-electron chi connectivity index (χ1n) is 9.43. The summed E-state index contributed by atoms with van der Waals surface area (Å²) in [6.45, 7) is 5.48. The number of hydrogen-bond acceptors (Lipinski definition) is 5. The maximum atomic E-state index is 12.5. The monoisotopic (exact) mass is 382 g/mol. The van der Waals surface area contributed by atoms with Crippen molar-refractivity contribution in [3.8, 4) is 11.5 Å². The van der Waals surface area contributed by atoms with E-state index in [1.807, 2.05) is 49.4 Å². The Bertz CT molecular complexity index is 829. The summed E-state index contributed by atoms with van der Waals surface area (Å²) in [5.74, 6) is 1.14. The number of hydrogen-bond donors (Lipinski definition) is 1. The molecule has 0 saturated carbocycles. The molecule has 0 aliphatic carbocycles. The average molecular weight is 382 g/mol. The number of ether oxygens (including phenoxy) is 3. The normalized spacial score (nSPS) is 14.1. The summed E-state index contributed by atoms with van der Waals surface area (Å²) in [4.78, 5) is 14.7. The van der Waals surface area contributed by atoms with Crippen molar-refractivity contribution in [2.45, 2.75) is 6.92 Å². The van der Waals surface area contributed by atoms with Crippen molar-refractivity contribution < 1.29 is 19.0 Å². The predicted octanol–water partition coefficient (Wildman–Crippen LogP) is 3.58. The van der Waals surface area contributed by atoms with Gasteiger partial charge in [-0.2, -0.15) is 0 Å². The first kappa shape index (κ1) is 19.8. The molecule has 3 rings (SSSR count). The average Bonchev–Trinajstić information content (AvgIpc) is 2.74. The van der Waals surface area contributed by atoms with Gasteiger partial charge in [-0.25, -0.2) is 0 Å². The van der Waals surface area contributed by atoms with Crippen LogP contribution in [0.25, 0.3) is 6.08 Å². The predicted molar refractivity (Wildman–Crippen MR) is 111 cm³/mol. The second-order valence-electron chi connectivity index (χ2n) is 6.28. The zero-order valence-corrected chi connectivity index (χ0v) is 16.3. The van der Waals surface area contributed by atoms with Gasteiger partial charge in [0.1, 0.15) is 0 Å². The van der Waals surface area contributed by atoms with Gasteiger partial charge in [0.2, 0.25) is 5.91 Å². The Morgan fingerprint density at radius 2 is 1.96 bits per heavy atom. The summed E-state index contributed by atoms with van der Waals surface area (Å²) in [7, 11) is 1.60. The fourth-order valence-electron chi connectivity index (χ4n) is 3.07. The van der Waals surface area contributed by atoms with Crippen LogP contribution in [0.1, 0.15) is 12.5 Å². The number of nitrogens with one attached hydrogen (secondary N) is 1. The maximum absolute atomic E-state index is 12.5. The molecule has 1 aliphatic rings. The van der Waals surface area contributed by atoms with E-state index >= 15 is 0 Å². The molecular weight excluding hydrogens is 356 g/mol. The summed E-state index contributed by atoms with van der Waals surface area (Å²) < 4.78 is 16.3. The lowest BCUT2D eigenvalue weighted by Crippen LogP contribution is -2.36. The zero-order valence-electron chi connectivity index (χ0n) is 16.3. The number of rotatable bonds is 7. The Labute approximate surface area is 165 Å². The number of para-hydroxylation sites is 2. The minimum Gasteiger partial charge on any atom is -0.493 e. The van der Waals surface area contributed by atoms with Crippen LogP contribution in [0.15, 0.2) is 48.5 Å². The molecule has 1 N–H and O–H groups in total. The van der Waals surface area contributed by atoms with E-state index in [1.165, 1.54) is 6.08 Å². The van der Waals surface area contributed by atoms with Crippen molar-refractivity contribution >= 4 is 23.4 Å². The van der Waals surface area contributed by atoms with E-state index in [2.05, 4.69) is 10.2 Å². The lowest BCUT2D eigenvalue weighted by atomic mass is 10.2. The molecule has 6 heteroatoms. The molecule has 148 valence electrons. The Kier molecular flexibility index (Phi) is 6.92. The highest BCUT2D eigenvalue weighted by Crippen LogP contribution is 2.29. The summed E-state index contributed by atoms with van der Waals surface area (Å²) in [5.41, 5.74) is 2.67. The SMILES string of the molecule is CCOc1cc(C=CC(=O)Nc2ccccc2N2CCOCC2)ccc1OC. The molecule has 0 bridgehead atoms. The molecule has 0 aromatic heterocycles. The van der Waals surface area contributed by atoms with Gasteiger partial charge >= 0.3 is 0 Å². The van der Waals surface area contributed by atoms with Gasteiger partial charge in [-0.1, -0.05) is 18.2 Å². The molecule has 0 unspecified atom stereocenters. The summed E-state index contributed by atoms with van der Waals surface area (Å²) in [6, 6.07) is 13.4. The van der Waals surface area contributed by atoms with E-state index in [0.29, 0.717) is 31.3 Å². The standard InChI is InChI=1S/C22H26N2O4/c1-3-28-21-16-17(8-10-20(21)26-2)9-11-22(25)23-18-6-4-5-7-19(18)24-12-14-27-15-13-24/h4-11,16H,3,12-15H2,1-2H3,(H,23,25). The molecule has 1 aliphatic heterocycles. The van der Waals surface area contributed by atoms with Crippen LogP contribution in [0.4, 0.5) is 11.4 Å². The molecule has 1 fully saturated rings. The number of benzene rings is 2. The van der Waals surface area contributed by atoms with Gasteiger partial charge in [0.15, 0.2) is 11.5 Å². The lowest BCUT2D eigenvalue weighted by molar-refractivity contribution is -0.111. The highest BCUT2D eigenvalue weighted by Gasteiger charge is 2.15. The second kappa shape index (κ2) is 9.80. The molecule has 2 aromatic rings. The number of carbonyl (C=O) groups is 1. The van der Waals surface area contributed by atoms with Gasteiger partial charge in [-0.05, 0) is 42.8 Å². The van der Waals surface area contributed by atoms with Crippen LogP contribution < -0.4 is 19.7 Å². The smallest absolute Gasteiger partial charge is 0.248 e. The highest BCUT2D eigenvalue weighted by molar-refractivity contribution is 6.03. The molecule has 6 nitrogen and oxygen atoms in total. The molecule has 2 aromatic carbocycles. The Hall–Kier alpha value is -2.99. The van der Waals surface area contributed by atoms with Gasteiger partial charge in [0.05, 0.1) is 38.3 Å². The van der Waals surface area contributed by atoms with Crippen molar-refractivity contribution in [3.05, 3.63) is 54.1 Å². The number of nitrogens with zero attached hydrogens (tertiary/aromatic N) is 1. The van der Waals surface area contributed by atoms with Gasteiger partial charge in [-0.15, -0.1) is 0 Å². The van der Waals surface area contributed by atoms with Gasteiger partial charge in [-0.3, -0.25) is 4.79 Å². The topological polar surface area (TPSA) is 60.0 Å². The summed E-state index contributed by atoms with van der Waals surface area (Å²) in [5, 5.41) is 2.98. The van der Waals surface area contributed by atoms with Gasteiger partial charge < -0.3 is 24.4 Å². The van der Waals surface area contributed by atoms with Gasteiger partial charge in [0, 0.05) is 19.2 Å². The molecule has 1 saturated heterocycles. The third-order valence-corrected chi connectivity index (χ3v) is 4.43. The third kappa shape index (κ3) is 5.04. The lowest BCUT2D eigenvalue weighted by Gasteiger charge is -2.30. The van der Waals surface area contributed by atoms with E-state index in [1.54, 1.807) is 13.2 Å². The van der Waals surface area contributed by atoms with Crippen LogP contribution in [-0.2, 0) is 9.53 Å². The molecule has 1 heterocycles. The minimum absolute atomic E-state index is 0.186. The fourth-order valence-corrected chi connectivity index (χ4v) is 3.07. The Balaban J connectivity index is 1.70. The zero-order chi connectivity index (χ0) is 19.8. The quantitative estimate of drug-likeness (QED) is 0.742. The first-order valence-corrected chi connectivity index (χ1v) is 9.43. The Morgan fingerprint density at radius 1 is 1.18 bits per heavy atom. The van der Waals surface area contributed by atoms with Crippen LogP contribution in [-0.4, -0.2) is 45.9 Å². The number of carbonyl (C=O) groups excluding carboxylic acids is 1. The molecule has 0 atom stereocenters. The van der Waals surface area contributed by atoms with E-state index in [0.717, 1.165) is 30.0 Å². The molecule has 1 amide bonds. The van der Waals surface area contributed by atoms with Crippen molar-refractivity contribution in [3.63, 3.8) is 0 Å². The van der Waals surface area contributed by atoms with E-state index in [9.17, 15) is 4.79 Å². The second-order valence-corrected chi connectivity index (χ2v) is 6.28. The van der Waals surface area contributed by atoms with Gasteiger partial charge in [0.25, 0.3) is 0 Å². The number of amides is 1. The van der Waals surface area contributed by atoms with Crippen LogP contribution in [0.2, 0.25) is 0 Å². The largest absolute Gasteiger partial charge is 0.493 e. The first-order chi connectivity index (χ1) is 13.7. The van der Waals surface area contributed by atoms with E-state index < -0.39 is 0 Å². The summed E-state index contributed by atoms with van der Waals surface area (Å²) in [6.07, 6.45) is 3.28. The van der Waals surface area contributed by atoms with Crippen molar-refractivity contribution in [2.75, 3.05) is 50.2 Å². The van der Waals surface area contributed by atoms with Crippen LogP contribution in [0.3, 0.4) is 0 Å². The maximum Gasteiger partial charge on any atom is 0.248 e. The number of anilines is 2. The third-order valence-electron chi connectivity index (χ3n) is 4.43. The van der Waals surface area contributed by atoms with E-state index in [-0.39, 0.29) is 5.91 Å². The summed E-state index contributed by atoms with van der Waals surface area (Å²) >= 11 is 0. The van der Waals surface area contributed by atoms with E-state index in [4.69, 9.17) is 14.2 Å². The van der Waals surface area contributed by atoms with Crippen LogP contribution >= 0.6 is 0 Å². The molecule has 28 heavy (non-hydrogen) atoms. The number of morpholine rings is 1. The fraction of sp³-hybridized carbons (Fsp3) is 0.318.